The minimum atomic E-state index is -0.169. The summed E-state index contributed by atoms with van der Waals surface area (Å²) in [6.07, 6.45) is 1.48. The highest BCUT2D eigenvalue weighted by Crippen LogP contribution is 2.31. The second-order valence-corrected chi connectivity index (χ2v) is 9.37. The Morgan fingerprint density at radius 3 is 2.57 bits per heavy atom. The van der Waals surface area contributed by atoms with Crippen LogP contribution in [0.3, 0.4) is 0 Å². The zero-order valence-corrected chi connectivity index (χ0v) is 17.8. The maximum atomic E-state index is 13.2. The number of aromatic nitrogens is 2. The van der Waals surface area contributed by atoms with Gasteiger partial charge < -0.3 is 0 Å². The summed E-state index contributed by atoms with van der Waals surface area (Å²) in [6.45, 7) is 8.05. The lowest BCUT2D eigenvalue weighted by molar-refractivity contribution is 0.0970. The molecule has 0 unspecified atom stereocenters. The third kappa shape index (κ3) is 3.23. The third-order valence-electron chi connectivity index (χ3n) is 5.03. The van der Waals surface area contributed by atoms with Gasteiger partial charge in [0.05, 0.1) is 18.3 Å². The summed E-state index contributed by atoms with van der Waals surface area (Å²) in [5, 5.41) is 2.56. The highest BCUT2D eigenvalue weighted by Gasteiger charge is 2.17. The molecule has 0 saturated carbocycles. The van der Waals surface area contributed by atoms with Crippen molar-refractivity contribution in [2.75, 3.05) is 0 Å². The fourth-order valence-electron chi connectivity index (χ4n) is 3.35. The Hall–Kier alpha value is -2.57. The Kier molecular flexibility index (Phi) is 4.77. The fraction of sp³-hybridized carbons (Fsp3) is 0.227. The number of fused-ring (bicyclic) bond motifs is 1. The summed E-state index contributed by atoms with van der Waals surface area (Å²) < 4.78 is 1.42. The van der Waals surface area contributed by atoms with Gasteiger partial charge in [-0.15, -0.1) is 22.7 Å². The van der Waals surface area contributed by atoms with Crippen molar-refractivity contribution in [2.45, 2.75) is 34.2 Å². The Labute approximate surface area is 171 Å². The topological polar surface area (TPSA) is 52.0 Å². The van der Waals surface area contributed by atoms with Crippen molar-refractivity contribution in [1.82, 2.24) is 9.55 Å². The number of benzene rings is 1. The Balaban J connectivity index is 1.78. The van der Waals surface area contributed by atoms with Crippen LogP contribution in [0.2, 0.25) is 0 Å². The average molecular weight is 409 g/mol. The van der Waals surface area contributed by atoms with E-state index in [2.05, 4.69) is 31.0 Å². The smallest absolute Gasteiger partial charge is 0.263 e. The molecule has 0 saturated heterocycles. The maximum absolute atomic E-state index is 13.2. The minimum absolute atomic E-state index is 0.000991. The van der Waals surface area contributed by atoms with Gasteiger partial charge in [0.2, 0.25) is 0 Å². The Bertz CT molecular complexity index is 1280. The Morgan fingerprint density at radius 2 is 1.89 bits per heavy atom. The number of nitrogens with zero attached hydrogens (tertiary/aromatic N) is 2. The number of carbonyl (C=O) groups excluding carboxylic acids is 1. The number of rotatable bonds is 4. The fourth-order valence-corrected chi connectivity index (χ4v) is 5.20. The predicted octanol–water partition coefficient (Wildman–Crippen LogP) is 5.30. The van der Waals surface area contributed by atoms with Crippen molar-refractivity contribution >= 4 is 38.7 Å². The molecule has 1 aromatic carbocycles. The lowest BCUT2D eigenvalue weighted by Gasteiger charge is -2.07. The molecule has 0 fully saturated rings. The van der Waals surface area contributed by atoms with Gasteiger partial charge in [0.15, 0.2) is 5.78 Å². The second-order valence-electron chi connectivity index (χ2n) is 7.06. The molecule has 28 heavy (non-hydrogen) atoms. The molecule has 4 nitrogen and oxygen atoms in total. The van der Waals surface area contributed by atoms with Crippen LogP contribution in [0.25, 0.3) is 21.3 Å². The van der Waals surface area contributed by atoms with Gasteiger partial charge >= 0.3 is 0 Å². The van der Waals surface area contributed by atoms with E-state index in [1.807, 2.05) is 31.4 Å². The molecule has 0 aliphatic carbocycles. The van der Waals surface area contributed by atoms with Gasteiger partial charge in [-0.05, 0) is 50.5 Å². The van der Waals surface area contributed by atoms with Crippen LogP contribution in [0.1, 0.15) is 31.2 Å². The molecule has 4 rings (SSSR count). The number of Topliss-reactive ketones (excluding diaryl/α,β-unsaturated/α-hetero) is 1. The van der Waals surface area contributed by atoms with E-state index in [1.54, 1.807) is 11.3 Å². The predicted molar refractivity (Wildman–Crippen MR) is 117 cm³/mol. The van der Waals surface area contributed by atoms with E-state index in [0.29, 0.717) is 15.8 Å². The molecular formula is C22H20N2O2S2. The van der Waals surface area contributed by atoms with Gasteiger partial charge in [-0.1, -0.05) is 18.2 Å². The third-order valence-corrected chi connectivity index (χ3v) is 6.89. The Morgan fingerprint density at radius 1 is 1.11 bits per heavy atom. The standard InChI is InChI=1S/C22H20N2O2S2/c1-12-5-6-16(7-13(12)2)18-10-27-21-20(18)22(26)24(11-23-21)9-19(25)17-8-14(3)28-15(17)4/h5-8,10-11H,9H2,1-4H3. The van der Waals surface area contributed by atoms with Crippen LogP contribution in [-0.2, 0) is 6.54 Å². The molecule has 0 aliphatic rings. The quantitative estimate of drug-likeness (QED) is 0.430. The van der Waals surface area contributed by atoms with E-state index >= 15 is 0 Å². The summed E-state index contributed by atoms with van der Waals surface area (Å²) in [5.74, 6) is -0.0620. The van der Waals surface area contributed by atoms with E-state index < -0.39 is 0 Å². The lowest BCUT2D eigenvalue weighted by atomic mass is 10.0. The molecule has 0 N–H and O–H groups in total. The molecule has 3 aromatic heterocycles. The van der Waals surface area contributed by atoms with Crippen molar-refractivity contribution in [2.24, 2.45) is 0 Å². The molecule has 4 aromatic rings. The summed E-state index contributed by atoms with van der Waals surface area (Å²) in [4.78, 5) is 33.1. The molecule has 0 aliphatic heterocycles. The number of hydrogen-bond acceptors (Lipinski definition) is 5. The number of aryl methyl sites for hydroxylation is 4. The van der Waals surface area contributed by atoms with E-state index in [1.165, 1.54) is 33.4 Å². The monoisotopic (exact) mass is 408 g/mol. The molecule has 3 heterocycles. The molecule has 6 heteroatoms. The van der Waals surface area contributed by atoms with Crippen molar-refractivity contribution in [3.63, 3.8) is 0 Å². The van der Waals surface area contributed by atoms with E-state index in [9.17, 15) is 9.59 Å². The lowest BCUT2D eigenvalue weighted by Crippen LogP contribution is -2.24. The van der Waals surface area contributed by atoms with Crippen LogP contribution in [0.5, 0.6) is 0 Å². The molecule has 0 atom stereocenters. The number of ketones is 1. The van der Waals surface area contributed by atoms with Crippen molar-refractivity contribution in [3.8, 4) is 11.1 Å². The average Bonchev–Trinajstić information content (AvgIpc) is 3.23. The zero-order valence-electron chi connectivity index (χ0n) is 16.2. The van der Waals surface area contributed by atoms with Crippen LogP contribution in [-0.4, -0.2) is 15.3 Å². The maximum Gasteiger partial charge on any atom is 0.263 e. The van der Waals surface area contributed by atoms with Gasteiger partial charge in [0.25, 0.3) is 5.56 Å². The van der Waals surface area contributed by atoms with Gasteiger partial charge in [0.1, 0.15) is 4.83 Å². The van der Waals surface area contributed by atoms with Gasteiger partial charge in [-0.3, -0.25) is 14.2 Å². The summed E-state index contributed by atoms with van der Waals surface area (Å²) in [7, 11) is 0. The molecule has 0 bridgehead atoms. The summed E-state index contributed by atoms with van der Waals surface area (Å²) >= 11 is 3.05. The largest absolute Gasteiger partial charge is 0.292 e. The highest BCUT2D eigenvalue weighted by molar-refractivity contribution is 7.17. The van der Waals surface area contributed by atoms with Crippen LogP contribution < -0.4 is 5.56 Å². The van der Waals surface area contributed by atoms with Crippen LogP contribution in [0.4, 0.5) is 0 Å². The van der Waals surface area contributed by atoms with Crippen LogP contribution in [0.15, 0.2) is 40.8 Å². The molecule has 0 radical (unpaired) electrons. The number of hydrogen-bond donors (Lipinski definition) is 0. The number of thiophene rings is 2. The normalized spacial score (nSPS) is 11.3. The molecule has 0 amide bonds. The van der Waals surface area contributed by atoms with E-state index in [4.69, 9.17) is 0 Å². The highest BCUT2D eigenvalue weighted by atomic mass is 32.1. The molecular weight excluding hydrogens is 388 g/mol. The summed E-state index contributed by atoms with van der Waals surface area (Å²) in [6, 6.07) is 8.08. The van der Waals surface area contributed by atoms with Gasteiger partial charge in [-0.25, -0.2) is 4.98 Å². The number of carbonyl (C=O) groups is 1. The van der Waals surface area contributed by atoms with E-state index in [-0.39, 0.29) is 17.9 Å². The first-order chi connectivity index (χ1) is 13.3. The first-order valence-electron chi connectivity index (χ1n) is 8.99. The van der Waals surface area contributed by atoms with Gasteiger partial charge in [-0.2, -0.15) is 0 Å². The van der Waals surface area contributed by atoms with Crippen molar-refractivity contribution < 1.29 is 4.79 Å². The first-order valence-corrected chi connectivity index (χ1v) is 10.7. The van der Waals surface area contributed by atoms with Crippen molar-refractivity contribution in [1.29, 1.82) is 0 Å². The first kappa shape index (κ1) is 18.8. The zero-order chi connectivity index (χ0) is 20.0. The minimum Gasteiger partial charge on any atom is -0.292 e. The molecule has 0 spiro atoms. The summed E-state index contributed by atoms with van der Waals surface area (Å²) in [5.41, 5.74) is 4.80. The van der Waals surface area contributed by atoms with Crippen LogP contribution >= 0.6 is 22.7 Å². The molecule has 142 valence electrons. The van der Waals surface area contributed by atoms with Gasteiger partial charge in [0, 0.05) is 26.3 Å². The van der Waals surface area contributed by atoms with Crippen molar-refractivity contribution in [3.05, 3.63) is 72.8 Å². The van der Waals surface area contributed by atoms with Crippen LogP contribution in [0, 0.1) is 27.7 Å². The van der Waals surface area contributed by atoms with E-state index in [0.717, 1.165) is 20.9 Å². The second kappa shape index (κ2) is 7.11. The SMILES string of the molecule is Cc1cc(C(=O)Cn2cnc3scc(-c4ccc(C)c(C)c4)c3c2=O)c(C)s1.